The van der Waals surface area contributed by atoms with Gasteiger partial charge >= 0.3 is 0 Å². The van der Waals surface area contributed by atoms with Crippen LogP contribution >= 0.6 is 11.3 Å². The average molecular weight is 373 g/mol. The van der Waals surface area contributed by atoms with Gasteiger partial charge in [-0.05, 0) is 37.8 Å². The minimum atomic E-state index is -0.177. The molecule has 26 heavy (non-hydrogen) atoms. The Balaban J connectivity index is 1.26. The van der Waals surface area contributed by atoms with Crippen molar-refractivity contribution in [3.63, 3.8) is 0 Å². The third-order valence-electron chi connectivity index (χ3n) is 5.26. The first-order valence-electron chi connectivity index (χ1n) is 8.98. The van der Waals surface area contributed by atoms with Crippen LogP contribution in [0.25, 0.3) is 0 Å². The van der Waals surface area contributed by atoms with Gasteiger partial charge in [0.05, 0.1) is 30.4 Å². The average Bonchev–Trinajstić information content (AvgIpc) is 3.24. The van der Waals surface area contributed by atoms with E-state index < -0.39 is 0 Å². The minimum Gasteiger partial charge on any atom is -0.375 e. The molecule has 2 aromatic heterocycles. The van der Waals surface area contributed by atoms with Crippen LogP contribution in [0, 0.1) is 12.8 Å². The van der Waals surface area contributed by atoms with Gasteiger partial charge in [0, 0.05) is 36.6 Å². The van der Waals surface area contributed by atoms with Gasteiger partial charge in [-0.1, -0.05) is 0 Å². The highest BCUT2D eigenvalue weighted by Gasteiger charge is 2.54. The SMILES string of the molecule is Cc1nc(COCC[C@@H]2CCOC23CN(C(=O)c2ccncc2)C3)cs1. The van der Waals surface area contributed by atoms with Gasteiger partial charge in [0.2, 0.25) is 0 Å². The number of nitrogens with zero attached hydrogens (tertiary/aromatic N) is 3. The molecule has 0 aliphatic carbocycles. The molecule has 0 saturated carbocycles. The lowest BCUT2D eigenvalue weighted by atomic mass is 9.79. The lowest BCUT2D eigenvalue weighted by Crippen LogP contribution is -2.66. The van der Waals surface area contributed by atoms with Gasteiger partial charge in [0.1, 0.15) is 5.60 Å². The van der Waals surface area contributed by atoms with E-state index in [4.69, 9.17) is 9.47 Å². The molecular weight excluding hydrogens is 350 g/mol. The fraction of sp³-hybridized carbons (Fsp3) is 0.526. The zero-order valence-corrected chi connectivity index (χ0v) is 15.7. The van der Waals surface area contributed by atoms with E-state index in [9.17, 15) is 4.79 Å². The molecule has 7 heteroatoms. The number of likely N-dealkylation sites (tertiary alicyclic amines) is 1. The predicted octanol–water partition coefficient (Wildman–Crippen LogP) is 2.68. The van der Waals surface area contributed by atoms with Crippen molar-refractivity contribution in [3.8, 4) is 0 Å². The van der Waals surface area contributed by atoms with Gasteiger partial charge in [-0.25, -0.2) is 4.98 Å². The van der Waals surface area contributed by atoms with Gasteiger partial charge < -0.3 is 14.4 Å². The van der Waals surface area contributed by atoms with Crippen LogP contribution in [0.5, 0.6) is 0 Å². The van der Waals surface area contributed by atoms with E-state index in [-0.39, 0.29) is 11.5 Å². The number of carbonyl (C=O) groups excluding carboxylic acids is 1. The maximum atomic E-state index is 12.5. The molecule has 0 unspecified atom stereocenters. The van der Waals surface area contributed by atoms with Crippen molar-refractivity contribution in [2.75, 3.05) is 26.3 Å². The van der Waals surface area contributed by atoms with Gasteiger partial charge in [0.15, 0.2) is 0 Å². The number of carbonyl (C=O) groups is 1. The summed E-state index contributed by atoms with van der Waals surface area (Å²) in [4.78, 5) is 22.8. The first-order valence-corrected chi connectivity index (χ1v) is 9.86. The number of thiazole rings is 1. The van der Waals surface area contributed by atoms with Crippen molar-refractivity contribution in [2.45, 2.75) is 32.0 Å². The standard InChI is InChI=1S/C19H23N3O3S/c1-14-21-17(11-26-14)10-24-8-4-16-5-9-25-19(16)12-22(13-19)18(23)15-2-6-20-7-3-15/h2-3,6-7,11,16H,4-5,8-10,12-13H2,1H3/t16-/m1/s1. The highest BCUT2D eigenvalue weighted by atomic mass is 32.1. The Kier molecular flexibility index (Phi) is 5.02. The largest absolute Gasteiger partial charge is 0.375 e. The van der Waals surface area contributed by atoms with Crippen molar-refractivity contribution in [2.24, 2.45) is 5.92 Å². The normalized spacial score (nSPS) is 21.1. The van der Waals surface area contributed by atoms with E-state index >= 15 is 0 Å². The summed E-state index contributed by atoms with van der Waals surface area (Å²) in [5, 5.41) is 3.12. The summed E-state index contributed by atoms with van der Waals surface area (Å²) in [5.74, 6) is 0.503. The fourth-order valence-corrected chi connectivity index (χ4v) is 4.44. The summed E-state index contributed by atoms with van der Waals surface area (Å²) in [6, 6.07) is 3.52. The Morgan fingerprint density at radius 3 is 2.96 bits per heavy atom. The predicted molar refractivity (Wildman–Crippen MR) is 98.1 cm³/mol. The highest BCUT2D eigenvalue weighted by molar-refractivity contribution is 7.09. The van der Waals surface area contributed by atoms with E-state index in [1.807, 2.05) is 17.2 Å². The Bertz CT molecular complexity index is 758. The van der Waals surface area contributed by atoms with Crippen LogP contribution in [-0.4, -0.2) is 52.7 Å². The lowest BCUT2D eigenvalue weighted by Gasteiger charge is -2.50. The molecule has 4 rings (SSSR count). The van der Waals surface area contributed by atoms with E-state index in [1.54, 1.807) is 35.9 Å². The molecule has 6 nitrogen and oxygen atoms in total. The third-order valence-corrected chi connectivity index (χ3v) is 6.08. The first-order chi connectivity index (χ1) is 12.7. The Labute approximate surface area is 157 Å². The van der Waals surface area contributed by atoms with Crippen LogP contribution < -0.4 is 0 Å². The number of pyridine rings is 1. The van der Waals surface area contributed by atoms with Crippen molar-refractivity contribution in [1.29, 1.82) is 0 Å². The summed E-state index contributed by atoms with van der Waals surface area (Å²) in [5.41, 5.74) is 1.51. The highest BCUT2D eigenvalue weighted by Crippen LogP contribution is 2.42. The first kappa shape index (κ1) is 17.6. The Hall–Kier alpha value is -1.83. The molecule has 2 saturated heterocycles. The fourth-order valence-electron chi connectivity index (χ4n) is 3.84. The maximum Gasteiger partial charge on any atom is 0.254 e. The molecule has 1 amide bonds. The molecule has 0 bridgehead atoms. The van der Waals surface area contributed by atoms with E-state index in [2.05, 4.69) is 9.97 Å². The van der Waals surface area contributed by atoms with Crippen LogP contribution in [0.3, 0.4) is 0 Å². The number of aromatic nitrogens is 2. The van der Waals surface area contributed by atoms with Crippen molar-refractivity contribution in [1.82, 2.24) is 14.9 Å². The summed E-state index contributed by atoms with van der Waals surface area (Å²) < 4.78 is 11.9. The maximum absolute atomic E-state index is 12.5. The minimum absolute atomic E-state index is 0.0578. The zero-order chi connectivity index (χ0) is 18.0. The summed E-state index contributed by atoms with van der Waals surface area (Å²) >= 11 is 1.65. The van der Waals surface area contributed by atoms with E-state index in [0.717, 1.165) is 30.2 Å². The molecular formula is C19H23N3O3S. The monoisotopic (exact) mass is 373 g/mol. The number of hydrogen-bond donors (Lipinski definition) is 0. The molecule has 2 fully saturated rings. The van der Waals surface area contributed by atoms with Crippen LogP contribution in [0.4, 0.5) is 0 Å². The zero-order valence-electron chi connectivity index (χ0n) is 14.9. The smallest absolute Gasteiger partial charge is 0.254 e. The quantitative estimate of drug-likeness (QED) is 0.729. The molecule has 138 valence electrons. The van der Waals surface area contributed by atoms with Gasteiger partial charge in [-0.15, -0.1) is 11.3 Å². The Morgan fingerprint density at radius 2 is 2.23 bits per heavy atom. The summed E-state index contributed by atoms with van der Waals surface area (Å²) in [6.45, 7) is 5.38. The van der Waals surface area contributed by atoms with E-state index in [1.165, 1.54) is 0 Å². The molecule has 2 aromatic rings. The molecule has 0 aromatic carbocycles. The van der Waals surface area contributed by atoms with Crippen LogP contribution in [0.1, 0.15) is 33.9 Å². The lowest BCUT2D eigenvalue weighted by molar-refractivity contribution is -0.120. The van der Waals surface area contributed by atoms with Gasteiger partial charge in [-0.3, -0.25) is 9.78 Å². The van der Waals surface area contributed by atoms with Crippen molar-refractivity contribution >= 4 is 17.2 Å². The number of aryl methyl sites for hydroxylation is 1. The van der Waals surface area contributed by atoms with Crippen molar-refractivity contribution in [3.05, 3.63) is 46.2 Å². The number of ether oxygens (including phenoxy) is 2. The Morgan fingerprint density at radius 1 is 1.42 bits per heavy atom. The number of rotatable bonds is 6. The molecule has 2 aliphatic heterocycles. The molecule has 1 atom stereocenters. The number of amides is 1. The second-order valence-corrected chi connectivity index (χ2v) is 8.06. The second kappa shape index (κ2) is 7.42. The molecule has 4 heterocycles. The summed E-state index contributed by atoms with van der Waals surface area (Å²) in [7, 11) is 0. The topological polar surface area (TPSA) is 64.6 Å². The summed E-state index contributed by atoms with van der Waals surface area (Å²) in [6.07, 6.45) is 5.30. The van der Waals surface area contributed by atoms with Crippen LogP contribution in [0.2, 0.25) is 0 Å². The van der Waals surface area contributed by atoms with Crippen LogP contribution in [0.15, 0.2) is 29.9 Å². The van der Waals surface area contributed by atoms with Gasteiger partial charge in [0.25, 0.3) is 5.91 Å². The van der Waals surface area contributed by atoms with Crippen molar-refractivity contribution < 1.29 is 14.3 Å². The molecule has 0 radical (unpaired) electrons. The van der Waals surface area contributed by atoms with Crippen LogP contribution in [-0.2, 0) is 16.1 Å². The number of hydrogen-bond acceptors (Lipinski definition) is 6. The second-order valence-electron chi connectivity index (χ2n) is 7.00. The van der Waals surface area contributed by atoms with Gasteiger partial charge in [-0.2, -0.15) is 0 Å². The molecule has 2 aliphatic rings. The third kappa shape index (κ3) is 3.51. The molecule has 0 N–H and O–H groups in total. The molecule has 1 spiro atoms. The van der Waals surface area contributed by atoms with E-state index in [0.29, 0.717) is 37.8 Å².